The van der Waals surface area contributed by atoms with Crippen molar-refractivity contribution in [3.63, 3.8) is 0 Å². The summed E-state index contributed by atoms with van der Waals surface area (Å²) < 4.78 is 13.6. The summed E-state index contributed by atoms with van der Waals surface area (Å²) >= 11 is 0. The van der Waals surface area contributed by atoms with Crippen molar-refractivity contribution < 1.29 is 9.47 Å². The van der Waals surface area contributed by atoms with Crippen LogP contribution in [0.15, 0.2) is 67.0 Å². The predicted octanol–water partition coefficient (Wildman–Crippen LogP) is 4.33. The molecule has 0 bridgehead atoms. The first-order valence-electron chi connectivity index (χ1n) is 8.52. The van der Waals surface area contributed by atoms with Crippen LogP contribution in [0.5, 0.6) is 5.75 Å². The predicted molar refractivity (Wildman–Crippen MR) is 99.5 cm³/mol. The van der Waals surface area contributed by atoms with Crippen LogP contribution in [0.3, 0.4) is 0 Å². The van der Waals surface area contributed by atoms with E-state index in [9.17, 15) is 0 Å². The van der Waals surface area contributed by atoms with E-state index in [1.54, 1.807) is 7.11 Å². The molecule has 4 nitrogen and oxygen atoms in total. The zero-order valence-corrected chi connectivity index (χ0v) is 14.6. The molecule has 128 valence electrons. The van der Waals surface area contributed by atoms with Crippen LogP contribution in [-0.4, -0.2) is 24.8 Å². The average Bonchev–Trinajstić information content (AvgIpc) is 3.30. The first-order valence-corrected chi connectivity index (χ1v) is 8.52. The highest BCUT2D eigenvalue weighted by molar-refractivity contribution is 5.52. The maximum absolute atomic E-state index is 6.03. The monoisotopic (exact) mass is 334 g/mol. The molecule has 4 heteroatoms. The largest absolute Gasteiger partial charge is 0.495 e. The lowest BCUT2D eigenvalue weighted by Gasteiger charge is -2.25. The summed E-state index contributed by atoms with van der Waals surface area (Å²) in [6.45, 7) is 3.75. The Hall–Kier alpha value is -2.72. The van der Waals surface area contributed by atoms with Crippen molar-refractivity contribution >= 4 is 5.69 Å². The number of para-hydroxylation sites is 2. The molecule has 2 aromatic carbocycles. The molecule has 0 saturated carbocycles. The highest BCUT2D eigenvalue weighted by Gasteiger charge is 2.28. The SMILES string of the molecule is COc1ccccc1-n1ccc(C2OCCN2c2cccc(C)c2)c1. The molecule has 1 unspecified atom stereocenters. The van der Waals surface area contributed by atoms with Gasteiger partial charge in [0.25, 0.3) is 0 Å². The van der Waals surface area contributed by atoms with Crippen LogP contribution in [0.1, 0.15) is 17.4 Å². The molecule has 0 amide bonds. The third-order valence-corrected chi connectivity index (χ3v) is 4.59. The Labute approximate surface area is 148 Å². The Bertz CT molecular complexity index is 872. The van der Waals surface area contributed by atoms with E-state index in [1.807, 2.05) is 18.2 Å². The lowest BCUT2D eigenvalue weighted by Crippen LogP contribution is -2.23. The Morgan fingerprint density at radius 3 is 2.80 bits per heavy atom. The lowest BCUT2D eigenvalue weighted by atomic mass is 10.2. The van der Waals surface area contributed by atoms with Crippen LogP contribution in [0.25, 0.3) is 5.69 Å². The van der Waals surface area contributed by atoms with E-state index < -0.39 is 0 Å². The Kier molecular flexibility index (Phi) is 4.20. The highest BCUT2D eigenvalue weighted by Crippen LogP contribution is 2.33. The van der Waals surface area contributed by atoms with E-state index in [0.717, 1.165) is 30.2 Å². The number of benzene rings is 2. The summed E-state index contributed by atoms with van der Waals surface area (Å²) in [5.74, 6) is 0.854. The fraction of sp³-hybridized carbons (Fsp3) is 0.238. The van der Waals surface area contributed by atoms with Crippen molar-refractivity contribution in [3.05, 3.63) is 78.1 Å². The average molecular weight is 334 g/mol. The molecule has 25 heavy (non-hydrogen) atoms. The third kappa shape index (κ3) is 3.01. The minimum atomic E-state index is -0.0576. The van der Waals surface area contributed by atoms with E-state index in [2.05, 4.69) is 65.2 Å². The number of aryl methyl sites for hydroxylation is 1. The summed E-state index contributed by atoms with van der Waals surface area (Å²) in [5, 5.41) is 0. The molecule has 1 aliphatic rings. The Balaban J connectivity index is 1.65. The first kappa shape index (κ1) is 15.8. The number of rotatable bonds is 4. The molecule has 0 radical (unpaired) electrons. The molecule has 1 aliphatic heterocycles. The minimum Gasteiger partial charge on any atom is -0.495 e. The Morgan fingerprint density at radius 1 is 1.08 bits per heavy atom. The van der Waals surface area contributed by atoms with Gasteiger partial charge in [0.2, 0.25) is 0 Å². The van der Waals surface area contributed by atoms with Gasteiger partial charge in [-0.25, -0.2) is 0 Å². The normalized spacial score (nSPS) is 17.0. The van der Waals surface area contributed by atoms with Crippen LogP contribution < -0.4 is 9.64 Å². The smallest absolute Gasteiger partial charge is 0.158 e. The van der Waals surface area contributed by atoms with Gasteiger partial charge in [-0.05, 0) is 42.8 Å². The van der Waals surface area contributed by atoms with E-state index in [-0.39, 0.29) is 6.23 Å². The van der Waals surface area contributed by atoms with Gasteiger partial charge in [0.1, 0.15) is 5.75 Å². The molecule has 2 heterocycles. The maximum Gasteiger partial charge on any atom is 0.158 e. The van der Waals surface area contributed by atoms with E-state index in [4.69, 9.17) is 9.47 Å². The number of hydrogen-bond acceptors (Lipinski definition) is 3. The fourth-order valence-corrected chi connectivity index (χ4v) is 3.37. The zero-order valence-electron chi connectivity index (χ0n) is 14.6. The molecule has 0 spiro atoms. The summed E-state index contributed by atoms with van der Waals surface area (Å²) in [6.07, 6.45) is 4.12. The van der Waals surface area contributed by atoms with Crippen molar-refractivity contribution in [1.82, 2.24) is 4.57 Å². The number of methoxy groups -OCH3 is 1. The van der Waals surface area contributed by atoms with Crippen molar-refractivity contribution in [2.24, 2.45) is 0 Å². The van der Waals surface area contributed by atoms with Gasteiger partial charge >= 0.3 is 0 Å². The number of anilines is 1. The van der Waals surface area contributed by atoms with Gasteiger partial charge in [0.15, 0.2) is 6.23 Å². The molecular weight excluding hydrogens is 312 g/mol. The van der Waals surface area contributed by atoms with Gasteiger partial charge < -0.3 is 18.9 Å². The van der Waals surface area contributed by atoms with E-state index >= 15 is 0 Å². The van der Waals surface area contributed by atoms with Crippen LogP contribution in [0.2, 0.25) is 0 Å². The van der Waals surface area contributed by atoms with Crippen molar-refractivity contribution in [1.29, 1.82) is 0 Å². The van der Waals surface area contributed by atoms with Gasteiger partial charge in [-0.15, -0.1) is 0 Å². The van der Waals surface area contributed by atoms with Gasteiger partial charge in [0, 0.05) is 30.2 Å². The molecule has 3 aromatic rings. The topological polar surface area (TPSA) is 26.6 Å². The molecule has 1 aromatic heterocycles. The third-order valence-electron chi connectivity index (χ3n) is 4.59. The molecule has 1 fully saturated rings. The molecule has 0 aliphatic carbocycles. The minimum absolute atomic E-state index is 0.0576. The van der Waals surface area contributed by atoms with E-state index in [0.29, 0.717) is 0 Å². The van der Waals surface area contributed by atoms with Crippen molar-refractivity contribution in [3.8, 4) is 11.4 Å². The molecule has 4 rings (SSSR count). The fourth-order valence-electron chi connectivity index (χ4n) is 3.37. The Morgan fingerprint density at radius 2 is 1.96 bits per heavy atom. The van der Waals surface area contributed by atoms with Crippen molar-refractivity contribution in [2.45, 2.75) is 13.2 Å². The standard InChI is InChI=1S/C21H22N2O2/c1-16-6-5-7-18(14-16)23-12-13-25-21(23)17-10-11-22(15-17)19-8-3-4-9-20(19)24-2/h3-11,14-15,21H,12-13H2,1-2H3. The quantitative estimate of drug-likeness (QED) is 0.710. The lowest BCUT2D eigenvalue weighted by molar-refractivity contribution is 0.114. The molecule has 1 saturated heterocycles. The first-order chi connectivity index (χ1) is 12.3. The maximum atomic E-state index is 6.03. The number of aromatic nitrogens is 1. The zero-order chi connectivity index (χ0) is 17.2. The second-order valence-corrected chi connectivity index (χ2v) is 6.28. The van der Waals surface area contributed by atoms with Crippen LogP contribution in [0.4, 0.5) is 5.69 Å². The van der Waals surface area contributed by atoms with Crippen LogP contribution in [0, 0.1) is 6.92 Å². The number of hydrogen-bond donors (Lipinski definition) is 0. The van der Waals surface area contributed by atoms with Crippen LogP contribution in [-0.2, 0) is 4.74 Å². The van der Waals surface area contributed by atoms with Gasteiger partial charge in [-0.1, -0.05) is 24.3 Å². The second-order valence-electron chi connectivity index (χ2n) is 6.28. The van der Waals surface area contributed by atoms with Gasteiger partial charge in [-0.3, -0.25) is 0 Å². The summed E-state index contributed by atoms with van der Waals surface area (Å²) in [4.78, 5) is 2.31. The van der Waals surface area contributed by atoms with Crippen molar-refractivity contribution in [2.75, 3.05) is 25.2 Å². The second kappa shape index (κ2) is 6.65. The van der Waals surface area contributed by atoms with Crippen LogP contribution >= 0.6 is 0 Å². The summed E-state index contributed by atoms with van der Waals surface area (Å²) in [7, 11) is 1.70. The molecular formula is C21H22N2O2. The number of ether oxygens (including phenoxy) is 2. The highest BCUT2D eigenvalue weighted by atomic mass is 16.5. The summed E-state index contributed by atoms with van der Waals surface area (Å²) in [5.41, 5.74) is 4.63. The summed E-state index contributed by atoms with van der Waals surface area (Å²) in [6, 6.07) is 18.7. The molecule has 0 N–H and O–H groups in total. The van der Waals surface area contributed by atoms with Gasteiger partial charge in [0.05, 0.1) is 19.4 Å². The van der Waals surface area contributed by atoms with Gasteiger partial charge in [-0.2, -0.15) is 0 Å². The van der Waals surface area contributed by atoms with E-state index in [1.165, 1.54) is 11.3 Å². The molecule has 1 atom stereocenters. The number of nitrogens with zero attached hydrogens (tertiary/aromatic N) is 2.